The number of rotatable bonds is 3. The Morgan fingerprint density at radius 3 is 2.22 bits per heavy atom. The summed E-state index contributed by atoms with van der Waals surface area (Å²) in [5, 5.41) is 2.71. The van der Waals surface area contributed by atoms with Crippen molar-refractivity contribution < 1.29 is 0 Å². The molecule has 0 N–H and O–H groups in total. The van der Waals surface area contributed by atoms with E-state index in [2.05, 4.69) is 82.3 Å². The zero-order valence-electron chi connectivity index (χ0n) is 17.3. The molecule has 3 aromatic carbocycles. The van der Waals surface area contributed by atoms with Gasteiger partial charge < -0.3 is 0 Å². The van der Waals surface area contributed by atoms with Gasteiger partial charge in [-0.2, -0.15) is 0 Å². The lowest BCUT2D eigenvalue weighted by Crippen LogP contribution is -2.22. The third-order valence-electron chi connectivity index (χ3n) is 6.87. The van der Waals surface area contributed by atoms with Crippen molar-refractivity contribution in [1.82, 2.24) is 0 Å². The molecule has 0 nitrogen and oxygen atoms in total. The van der Waals surface area contributed by atoms with Crippen LogP contribution in [0.25, 0.3) is 10.8 Å². The largest absolute Gasteiger partial charge is 0.0616 e. The Balaban J connectivity index is 1.74. The molecule has 0 bridgehead atoms. The first-order valence-electron chi connectivity index (χ1n) is 10.6. The maximum atomic E-state index is 2.48. The van der Waals surface area contributed by atoms with Crippen molar-refractivity contribution in [3.8, 4) is 0 Å². The van der Waals surface area contributed by atoms with Crippen molar-refractivity contribution in [3.05, 3.63) is 82.4 Å². The van der Waals surface area contributed by atoms with Crippen LogP contribution in [0, 0.1) is 13.8 Å². The van der Waals surface area contributed by atoms with Gasteiger partial charge in [-0.25, -0.2) is 0 Å². The summed E-state index contributed by atoms with van der Waals surface area (Å²) in [6.07, 6.45) is 6.94. The summed E-state index contributed by atoms with van der Waals surface area (Å²) in [5.74, 6) is 0.775. The predicted octanol–water partition coefficient (Wildman–Crippen LogP) is 7.83. The highest BCUT2D eigenvalue weighted by molar-refractivity contribution is 5.87. The normalized spacial score (nSPS) is 16.0. The molecule has 0 heterocycles. The molecule has 0 aliphatic heterocycles. The Hall–Kier alpha value is -2.08. The highest BCUT2D eigenvalue weighted by Crippen LogP contribution is 2.40. The van der Waals surface area contributed by atoms with E-state index in [1.807, 2.05) is 0 Å². The number of aryl methyl sites for hydroxylation is 2. The summed E-state index contributed by atoms with van der Waals surface area (Å²) in [6.45, 7) is 9.35. The van der Waals surface area contributed by atoms with E-state index in [9.17, 15) is 0 Å². The van der Waals surface area contributed by atoms with Gasteiger partial charge in [0.05, 0.1) is 0 Å². The molecule has 0 spiro atoms. The van der Waals surface area contributed by atoms with Gasteiger partial charge in [0.25, 0.3) is 0 Å². The first-order chi connectivity index (χ1) is 13.0. The molecule has 3 aromatic rings. The predicted molar refractivity (Wildman–Crippen MR) is 118 cm³/mol. The van der Waals surface area contributed by atoms with Crippen molar-refractivity contribution in [2.45, 2.75) is 71.1 Å². The molecule has 4 rings (SSSR count). The lowest BCUT2D eigenvalue weighted by atomic mass is 9.73. The first-order valence-corrected chi connectivity index (χ1v) is 10.6. The zero-order valence-corrected chi connectivity index (χ0v) is 17.3. The Morgan fingerprint density at radius 1 is 0.778 bits per heavy atom. The fourth-order valence-corrected chi connectivity index (χ4v) is 5.33. The van der Waals surface area contributed by atoms with Gasteiger partial charge in [-0.3, -0.25) is 0 Å². The molecule has 1 saturated carbocycles. The van der Waals surface area contributed by atoms with E-state index in [0.717, 1.165) is 5.92 Å². The van der Waals surface area contributed by atoms with Crippen LogP contribution in [0.3, 0.4) is 0 Å². The molecule has 0 radical (unpaired) electrons. The van der Waals surface area contributed by atoms with Gasteiger partial charge in [0.2, 0.25) is 0 Å². The molecular formula is C27H32. The van der Waals surface area contributed by atoms with Crippen LogP contribution < -0.4 is 0 Å². The SMILES string of the molecule is Cc1cc(C2CCCCC2)ccc1C(C)(C)c1ccc2ccccc2c1C. The third-order valence-corrected chi connectivity index (χ3v) is 6.87. The van der Waals surface area contributed by atoms with Gasteiger partial charge in [-0.05, 0) is 71.2 Å². The highest BCUT2D eigenvalue weighted by Gasteiger charge is 2.28. The maximum Gasteiger partial charge on any atom is 0.0152 e. The molecule has 1 aliphatic carbocycles. The third kappa shape index (κ3) is 3.31. The summed E-state index contributed by atoms with van der Waals surface area (Å²) in [4.78, 5) is 0. The van der Waals surface area contributed by atoms with E-state index in [-0.39, 0.29) is 5.41 Å². The second kappa shape index (κ2) is 7.15. The highest BCUT2D eigenvalue weighted by atomic mass is 14.3. The molecular weight excluding hydrogens is 324 g/mol. The van der Waals surface area contributed by atoms with E-state index in [0.29, 0.717) is 0 Å². The van der Waals surface area contributed by atoms with Crippen molar-refractivity contribution in [1.29, 1.82) is 0 Å². The molecule has 1 fully saturated rings. The van der Waals surface area contributed by atoms with Crippen LogP contribution in [0.15, 0.2) is 54.6 Å². The quantitative estimate of drug-likeness (QED) is 0.448. The van der Waals surface area contributed by atoms with E-state index >= 15 is 0 Å². The molecule has 1 aliphatic rings. The molecule has 140 valence electrons. The van der Waals surface area contributed by atoms with Crippen LogP contribution in [0.4, 0.5) is 0 Å². The number of fused-ring (bicyclic) bond motifs is 1. The second-order valence-electron chi connectivity index (χ2n) is 8.99. The van der Waals surface area contributed by atoms with Gasteiger partial charge in [-0.15, -0.1) is 0 Å². The summed E-state index contributed by atoms with van der Waals surface area (Å²) >= 11 is 0. The Kier molecular flexibility index (Phi) is 4.84. The molecule has 0 unspecified atom stereocenters. The van der Waals surface area contributed by atoms with E-state index < -0.39 is 0 Å². The molecule has 0 amide bonds. The van der Waals surface area contributed by atoms with E-state index in [1.54, 1.807) is 5.56 Å². The van der Waals surface area contributed by atoms with Crippen molar-refractivity contribution in [2.75, 3.05) is 0 Å². The van der Waals surface area contributed by atoms with E-state index in [4.69, 9.17) is 0 Å². The molecule has 0 atom stereocenters. The van der Waals surface area contributed by atoms with Crippen LogP contribution >= 0.6 is 0 Å². The van der Waals surface area contributed by atoms with Crippen LogP contribution in [-0.4, -0.2) is 0 Å². The lowest BCUT2D eigenvalue weighted by Gasteiger charge is -2.31. The average molecular weight is 357 g/mol. The van der Waals surface area contributed by atoms with Crippen LogP contribution in [-0.2, 0) is 5.41 Å². The number of benzene rings is 3. The summed E-state index contributed by atoms with van der Waals surface area (Å²) < 4.78 is 0. The van der Waals surface area contributed by atoms with E-state index in [1.165, 1.54) is 65.1 Å². The molecule has 0 aromatic heterocycles. The van der Waals surface area contributed by atoms with Gasteiger partial charge >= 0.3 is 0 Å². The van der Waals surface area contributed by atoms with Crippen molar-refractivity contribution in [2.24, 2.45) is 0 Å². The standard InChI is InChI=1S/C27H32/c1-19-18-23(21-10-6-5-7-11-21)15-16-25(19)27(3,4)26-17-14-22-12-8-9-13-24(22)20(26)2/h8-9,12-18,21H,5-7,10-11H2,1-4H3. The van der Waals surface area contributed by atoms with Gasteiger partial charge in [0, 0.05) is 5.41 Å². The first kappa shape index (κ1) is 18.3. The summed E-state index contributed by atoms with van der Waals surface area (Å²) in [6, 6.07) is 20.7. The Labute approximate surface area is 164 Å². The minimum atomic E-state index is 0.00327. The van der Waals surface area contributed by atoms with Gasteiger partial charge in [0.1, 0.15) is 0 Å². The minimum Gasteiger partial charge on any atom is -0.0616 e. The fraction of sp³-hybridized carbons (Fsp3) is 0.407. The van der Waals surface area contributed by atoms with Crippen LogP contribution in [0.2, 0.25) is 0 Å². The molecule has 27 heavy (non-hydrogen) atoms. The summed E-state index contributed by atoms with van der Waals surface area (Å²) in [7, 11) is 0. The van der Waals surface area contributed by atoms with Crippen molar-refractivity contribution in [3.63, 3.8) is 0 Å². The summed E-state index contributed by atoms with van der Waals surface area (Å²) in [5.41, 5.74) is 7.31. The van der Waals surface area contributed by atoms with Gasteiger partial charge in [-0.1, -0.05) is 87.7 Å². The lowest BCUT2D eigenvalue weighted by molar-refractivity contribution is 0.443. The van der Waals surface area contributed by atoms with Crippen molar-refractivity contribution >= 4 is 10.8 Å². The number of hydrogen-bond donors (Lipinski definition) is 0. The Morgan fingerprint density at radius 2 is 1.48 bits per heavy atom. The minimum absolute atomic E-state index is 0.00327. The Bertz CT molecular complexity index is 955. The topological polar surface area (TPSA) is 0 Å². The average Bonchev–Trinajstić information content (AvgIpc) is 2.68. The zero-order chi connectivity index (χ0) is 19.0. The second-order valence-corrected chi connectivity index (χ2v) is 8.99. The molecule has 0 saturated heterocycles. The smallest absolute Gasteiger partial charge is 0.0152 e. The maximum absolute atomic E-state index is 2.48. The van der Waals surface area contributed by atoms with Gasteiger partial charge in [0.15, 0.2) is 0 Å². The molecule has 0 heteroatoms. The van der Waals surface area contributed by atoms with Crippen LogP contribution in [0.5, 0.6) is 0 Å². The monoisotopic (exact) mass is 356 g/mol. The fourth-order valence-electron chi connectivity index (χ4n) is 5.33. The van der Waals surface area contributed by atoms with Crippen LogP contribution in [0.1, 0.15) is 79.7 Å². The number of hydrogen-bond acceptors (Lipinski definition) is 0.